The van der Waals surface area contributed by atoms with Crippen LogP contribution in [0.15, 0.2) is 11.1 Å². The van der Waals surface area contributed by atoms with Gasteiger partial charge in [-0.3, -0.25) is 9.89 Å². The maximum atomic E-state index is 11.6. The minimum atomic E-state index is -3.53. The molecule has 1 aromatic heterocycles. The SMILES string of the molecule is CNC(=O)CCS(=O)(=O)c1cn[nH]c1N. The number of anilines is 1. The Morgan fingerprint density at radius 2 is 2.33 bits per heavy atom. The van der Waals surface area contributed by atoms with Gasteiger partial charge in [0.05, 0.1) is 11.9 Å². The fraction of sp³-hybridized carbons (Fsp3) is 0.429. The van der Waals surface area contributed by atoms with E-state index in [1.807, 2.05) is 0 Å². The van der Waals surface area contributed by atoms with Crippen LogP contribution in [0.5, 0.6) is 0 Å². The molecule has 1 heterocycles. The fourth-order valence-electron chi connectivity index (χ4n) is 0.995. The number of aromatic amines is 1. The number of hydrogen-bond acceptors (Lipinski definition) is 5. The van der Waals surface area contributed by atoms with E-state index in [1.54, 1.807) is 0 Å². The number of carbonyl (C=O) groups is 1. The van der Waals surface area contributed by atoms with Crippen molar-refractivity contribution in [3.63, 3.8) is 0 Å². The molecule has 1 aromatic rings. The summed E-state index contributed by atoms with van der Waals surface area (Å²) >= 11 is 0. The highest BCUT2D eigenvalue weighted by atomic mass is 32.2. The average Bonchev–Trinajstić information content (AvgIpc) is 2.61. The molecular weight excluding hydrogens is 220 g/mol. The van der Waals surface area contributed by atoms with Crippen molar-refractivity contribution in [3.05, 3.63) is 6.20 Å². The van der Waals surface area contributed by atoms with Gasteiger partial charge in [-0.25, -0.2) is 8.42 Å². The molecule has 0 aliphatic carbocycles. The number of H-pyrrole nitrogens is 1. The molecule has 0 atom stereocenters. The number of nitrogen functional groups attached to an aromatic ring is 1. The molecule has 0 bridgehead atoms. The van der Waals surface area contributed by atoms with Gasteiger partial charge in [0, 0.05) is 13.5 Å². The summed E-state index contributed by atoms with van der Waals surface area (Å²) in [4.78, 5) is 10.8. The second-order valence-corrected chi connectivity index (χ2v) is 4.97. The Morgan fingerprint density at radius 1 is 1.67 bits per heavy atom. The van der Waals surface area contributed by atoms with Crippen molar-refractivity contribution in [1.29, 1.82) is 0 Å². The molecule has 8 heteroatoms. The Hall–Kier alpha value is -1.57. The van der Waals surface area contributed by atoms with Gasteiger partial charge >= 0.3 is 0 Å². The molecule has 1 rings (SSSR count). The average molecular weight is 232 g/mol. The molecule has 0 saturated carbocycles. The van der Waals surface area contributed by atoms with Gasteiger partial charge in [-0.2, -0.15) is 5.10 Å². The lowest BCUT2D eigenvalue weighted by Crippen LogP contribution is -2.21. The highest BCUT2D eigenvalue weighted by Gasteiger charge is 2.20. The van der Waals surface area contributed by atoms with E-state index in [2.05, 4.69) is 15.5 Å². The zero-order valence-corrected chi connectivity index (χ0v) is 8.97. The number of nitrogens with two attached hydrogens (primary N) is 1. The van der Waals surface area contributed by atoms with E-state index in [0.29, 0.717) is 0 Å². The van der Waals surface area contributed by atoms with Crippen LogP contribution in [0.1, 0.15) is 6.42 Å². The number of sulfone groups is 1. The molecule has 0 spiro atoms. The van der Waals surface area contributed by atoms with Gasteiger partial charge in [-0.1, -0.05) is 0 Å². The topological polar surface area (TPSA) is 118 Å². The number of carbonyl (C=O) groups excluding carboxylic acids is 1. The monoisotopic (exact) mass is 232 g/mol. The fourth-order valence-corrected chi connectivity index (χ4v) is 2.26. The summed E-state index contributed by atoms with van der Waals surface area (Å²) < 4.78 is 23.2. The number of rotatable bonds is 4. The zero-order valence-electron chi connectivity index (χ0n) is 8.15. The van der Waals surface area contributed by atoms with Gasteiger partial charge in [0.2, 0.25) is 5.91 Å². The standard InChI is InChI=1S/C7H12N4O3S/c1-9-6(12)2-3-15(13,14)5-4-10-11-7(5)8/h4H,2-3H2,1H3,(H,9,12)(H3,8,10,11). The quantitative estimate of drug-likeness (QED) is 0.609. The van der Waals surface area contributed by atoms with E-state index in [-0.39, 0.29) is 28.8 Å². The molecule has 15 heavy (non-hydrogen) atoms. The maximum Gasteiger partial charge on any atom is 0.220 e. The number of aromatic nitrogens is 2. The Kier molecular flexibility index (Phi) is 3.30. The van der Waals surface area contributed by atoms with E-state index in [1.165, 1.54) is 7.05 Å². The van der Waals surface area contributed by atoms with Crippen LogP contribution < -0.4 is 11.1 Å². The Bertz CT molecular complexity index is 451. The summed E-state index contributed by atoms with van der Waals surface area (Å²) in [6.45, 7) is 0. The van der Waals surface area contributed by atoms with E-state index >= 15 is 0 Å². The lowest BCUT2D eigenvalue weighted by atomic mass is 10.5. The van der Waals surface area contributed by atoms with Crippen molar-refractivity contribution in [3.8, 4) is 0 Å². The first-order valence-electron chi connectivity index (χ1n) is 4.19. The lowest BCUT2D eigenvalue weighted by molar-refractivity contribution is -0.120. The molecular formula is C7H12N4O3S. The number of amides is 1. The molecule has 1 amide bonds. The predicted molar refractivity (Wildman–Crippen MR) is 53.7 cm³/mol. The first-order chi connectivity index (χ1) is 6.97. The molecule has 0 unspecified atom stereocenters. The lowest BCUT2D eigenvalue weighted by Gasteiger charge is -2.01. The van der Waals surface area contributed by atoms with Crippen LogP contribution in [0.4, 0.5) is 5.82 Å². The van der Waals surface area contributed by atoms with Crippen molar-refractivity contribution in [1.82, 2.24) is 15.5 Å². The highest BCUT2D eigenvalue weighted by molar-refractivity contribution is 7.91. The first kappa shape index (κ1) is 11.5. The molecule has 0 aliphatic heterocycles. The molecule has 0 radical (unpaired) electrons. The Morgan fingerprint density at radius 3 is 2.80 bits per heavy atom. The summed E-state index contributed by atoms with van der Waals surface area (Å²) in [5.74, 6) is -0.622. The minimum absolute atomic E-state index is 0.00749. The van der Waals surface area contributed by atoms with Gasteiger partial charge in [0.15, 0.2) is 9.84 Å². The first-order valence-corrected chi connectivity index (χ1v) is 5.85. The van der Waals surface area contributed by atoms with Crippen molar-refractivity contribution in [2.24, 2.45) is 0 Å². The summed E-state index contributed by atoms with van der Waals surface area (Å²) in [6, 6.07) is 0. The van der Waals surface area contributed by atoms with Crippen LogP contribution >= 0.6 is 0 Å². The van der Waals surface area contributed by atoms with E-state index < -0.39 is 9.84 Å². The molecule has 7 nitrogen and oxygen atoms in total. The second-order valence-electron chi connectivity index (χ2n) is 2.89. The van der Waals surface area contributed by atoms with Crippen LogP contribution in [-0.4, -0.2) is 37.3 Å². The van der Waals surface area contributed by atoms with Crippen LogP contribution in [0.2, 0.25) is 0 Å². The van der Waals surface area contributed by atoms with Crippen molar-refractivity contribution in [2.45, 2.75) is 11.3 Å². The molecule has 0 aliphatic rings. The largest absolute Gasteiger partial charge is 0.383 e. The predicted octanol–water partition coefficient (Wildman–Crippen LogP) is -1.10. The van der Waals surface area contributed by atoms with Crippen molar-refractivity contribution < 1.29 is 13.2 Å². The number of nitrogens with zero attached hydrogens (tertiary/aromatic N) is 1. The third kappa shape index (κ3) is 2.69. The van der Waals surface area contributed by atoms with Crippen molar-refractivity contribution >= 4 is 21.6 Å². The van der Waals surface area contributed by atoms with E-state index in [4.69, 9.17) is 5.73 Å². The summed E-state index contributed by atoms with van der Waals surface area (Å²) in [7, 11) is -2.09. The number of hydrogen-bond donors (Lipinski definition) is 3. The van der Waals surface area contributed by atoms with Crippen LogP contribution in [0.25, 0.3) is 0 Å². The second kappa shape index (κ2) is 4.30. The van der Waals surface area contributed by atoms with E-state index in [0.717, 1.165) is 6.20 Å². The molecule has 0 saturated heterocycles. The van der Waals surface area contributed by atoms with E-state index in [9.17, 15) is 13.2 Å². The summed E-state index contributed by atoms with van der Waals surface area (Å²) in [5.41, 5.74) is 5.37. The van der Waals surface area contributed by atoms with Crippen LogP contribution in [-0.2, 0) is 14.6 Å². The van der Waals surface area contributed by atoms with Gasteiger partial charge in [0.1, 0.15) is 10.7 Å². The normalized spacial score (nSPS) is 11.3. The molecule has 0 aromatic carbocycles. The van der Waals surface area contributed by atoms with Crippen molar-refractivity contribution in [2.75, 3.05) is 18.5 Å². The molecule has 84 valence electrons. The van der Waals surface area contributed by atoms with Crippen LogP contribution in [0, 0.1) is 0 Å². The van der Waals surface area contributed by atoms with Gasteiger partial charge in [-0.15, -0.1) is 0 Å². The van der Waals surface area contributed by atoms with Gasteiger partial charge < -0.3 is 11.1 Å². The molecule has 0 fully saturated rings. The third-order valence-electron chi connectivity index (χ3n) is 1.84. The Balaban J connectivity index is 2.77. The summed E-state index contributed by atoms with van der Waals surface area (Å²) in [6.07, 6.45) is 1.04. The highest BCUT2D eigenvalue weighted by Crippen LogP contribution is 2.16. The Labute approximate surface area is 87.0 Å². The van der Waals surface area contributed by atoms with Crippen LogP contribution in [0.3, 0.4) is 0 Å². The number of nitrogens with one attached hydrogen (secondary N) is 2. The maximum absolute atomic E-state index is 11.6. The smallest absolute Gasteiger partial charge is 0.220 e. The third-order valence-corrected chi connectivity index (χ3v) is 3.58. The molecule has 4 N–H and O–H groups in total. The zero-order chi connectivity index (χ0) is 11.5. The van der Waals surface area contributed by atoms with Gasteiger partial charge in [0.25, 0.3) is 0 Å². The minimum Gasteiger partial charge on any atom is -0.383 e. The summed E-state index contributed by atoms with van der Waals surface area (Å²) in [5, 5.41) is 8.17. The van der Waals surface area contributed by atoms with Gasteiger partial charge in [-0.05, 0) is 0 Å².